The van der Waals surface area contributed by atoms with Crippen molar-refractivity contribution in [2.24, 2.45) is 0 Å². The second kappa shape index (κ2) is 4.66. The van der Waals surface area contributed by atoms with E-state index >= 15 is 0 Å². The molecule has 6 heteroatoms. The van der Waals surface area contributed by atoms with E-state index in [9.17, 15) is 9.59 Å². The Morgan fingerprint density at radius 3 is 2.95 bits per heavy atom. The molecule has 0 aromatic rings. The molecule has 2 heterocycles. The third kappa shape index (κ3) is 2.14. The molecule has 2 atom stereocenters. The summed E-state index contributed by atoms with van der Waals surface area (Å²) < 4.78 is 0. The van der Waals surface area contributed by atoms with Gasteiger partial charge in [-0.25, -0.2) is 0 Å². The number of thioether (sulfide) groups is 1. The predicted octanol–water partition coefficient (Wildman–Crippen LogP) is 0.424. The van der Waals surface area contributed by atoms with E-state index in [0.29, 0.717) is 18.7 Å². The zero-order valence-electron chi connectivity index (χ0n) is 11.2. The summed E-state index contributed by atoms with van der Waals surface area (Å²) in [5.74, 6) is 0.823. The summed E-state index contributed by atoms with van der Waals surface area (Å²) in [4.78, 5) is 28.1. The molecule has 1 saturated carbocycles. The Morgan fingerprint density at radius 2 is 2.32 bits per heavy atom. The van der Waals surface area contributed by atoms with Gasteiger partial charge in [-0.1, -0.05) is 0 Å². The van der Waals surface area contributed by atoms with Crippen LogP contribution in [-0.4, -0.2) is 62.6 Å². The second-order valence-corrected chi connectivity index (χ2v) is 7.25. The maximum absolute atomic E-state index is 12.7. The summed E-state index contributed by atoms with van der Waals surface area (Å²) in [6.07, 6.45) is 3.44. The summed E-state index contributed by atoms with van der Waals surface area (Å²) in [5, 5.41) is 9.12. The molecule has 2 unspecified atom stereocenters. The van der Waals surface area contributed by atoms with E-state index in [1.807, 2.05) is 0 Å². The number of hydrogen-bond donors (Lipinski definition) is 1. The Bertz CT molecular complexity index is 413. The number of carbonyl (C=O) groups is 2. The average Bonchev–Trinajstić information content (AvgIpc) is 3.10. The van der Waals surface area contributed by atoms with Crippen LogP contribution in [0.1, 0.15) is 32.6 Å². The molecule has 3 rings (SSSR count). The largest absolute Gasteiger partial charge is 0.395 e. The number of fused-ring (bicyclic) bond motifs is 1. The monoisotopic (exact) mass is 284 g/mol. The van der Waals surface area contributed by atoms with Crippen LogP contribution in [0.3, 0.4) is 0 Å². The Kier molecular flexibility index (Phi) is 3.25. The Morgan fingerprint density at radius 1 is 1.58 bits per heavy atom. The van der Waals surface area contributed by atoms with Crippen LogP contribution in [0.15, 0.2) is 0 Å². The van der Waals surface area contributed by atoms with Crippen LogP contribution in [-0.2, 0) is 9.59 Å². The van der Waals surface area contributed by atoms with Crippen LogP contribution in [0.5, 0.6) is 0 Å². The average molecular weight is 284 g/mol. The molecule has 106 valence electrons. The number of hydrogen-bond acceptors (Lipinski definition) is 4. The van der Waals surface area contributed by atoms with Crippen molar-refractivity contribution in [3.8, 4) is 0 Å². The van der Waals surface area contributed by atoms with Crippen molar-refractivity contribution in [3.05, 3.63) is 0 Å². The fourth-order valence-electron chi connectivity index (χ4n) is 3.16. The lowest BCUT2D eigenvalue weighted by Gasteiger charge is -2.33. The number of amides is 2. The Hall–Kier alpha value is -0.750. The highest BCUT2D eigenvalue weighted by Crippen LogP contribution is 2.47. The van der Waals surface area contributed by atoms with Gasteiger partial charge < -0.3 is 14.9 Å². The van der Waals surface area contributed by atoms with Crippen molar-refractivity contribution in [2.75, 3.05) is 18.9 Å². The molecule has 0 radical (unpaired) electrons. The molecule has 0 aromatic carbocycles. The van der Waals surface area contributed by atoms with Crippen LogP contribution >= 0.6 is 11.8 Å². The third-order valence-corrected chi connectivity index (χ3v) is 5.85. The lowest BCUT2D eigenvalue weighted by atomic mass is 10.2. The van der Waals surface area contributed by atoms with Gasteiger partial charge in [-0.05, 0) is 26.2 Å². The number of aliphatic hydroxyl groups is 1. The standard InChI is InChI=1S/C13H20N2O3S/c1-13-5-4-11(17)15(13)10(8-19-13)12(18)14(6-7-16)9-2-3-9/h9-10,16H,2-8H2,1H3. The zero-order chi connectivity index (χ0) is 13.6. The molecular formula is C13H20N2O3S. The van der Waals surface area contributed by atoms with Crippen LogP contribution < -0.4 is 0 Å². The number of rotatable bonds is 4. The summed E-state index contributed by atoms with van der Waals surface area (Å²) in [6.45, 7) is 2.44. The van der Waals surface area contributed by atoms with Gasteiger partial charge >= 0.3 is 0 Å². The minimum atomic E-state index is -0.322. The van der Waals surface area contributed by atoms with Crippen LogP contribution in [0.25, 0.3) is 0 Å². The first-order valence-electron chi connectivity index (χ1n) is 6.94. The predicted molar refractivity (Wildman–Crippen MR) is 72.6 cm³/mol. The van der Waals surface area contributed by atoms with Gasteiger partial charge in [0.2, 0.25) is 11.8 Å². The highest BCUT2D eigenvalue weighted by Gasteiger charge is 2.54. The number of carbonyl (C=O) groups excluding carboxylic acids is 2. The fourth-order valence-corrected chi connectivity index (χ4v) is 4.58. The minimum absolute atomic E-state index is 0.00663. The van der Waals surface area contributed by atoms with Gasteiger partial charge in [0.15, 0.2) is 0 Å². The fraction of sp³-hybridized carbons (Fsp3) is 0.846. The maximum atomic E-state index is 12.7. The van der Waals surface area contributed by atoms with Crippen molar-refractivity contribution in [1.29, 1.82) is 0 Å². The second-order valence-electron chi connectivity index (χ2n) is 5.75. The molecule has 0 bridgehead atoms. The number of aliphatic hydroxyl groups excluding tert-OH is 1. The first-order valence-corrected chi connectivity index (χ1v) is 7.93. The molecule has 2 saturated heterocycles. The van der Waals surface area contributed by atoms with Crippen molar-refractivity contribution in [2.45, 2.75) is 49.6 Å². The maximum Gasteiger partial charge on any atom is 0.246 e. The van der Waals surface area contributed by atoms with Crippen molar-refractivity contribution >= 4 is 23.6 Å². The quantitative estimate of drug-likeness (QED) is 0.813. The Balaban J connectivity index is 1.78. The van der Waals surface area contributed by atoms with Gasteiger partial charge in [0.1, 0.15) is 6.04 Å². The van der Waals surface area contributed by atoms with Gasteiger partial charge in [0, 0.05) is 24.8 Å². The molecule has 3 fully saturated rings. The summed E-state index contributed by atoms with van der Waals surface area (Å²) in [5.41, 5.74) is 0. The van der Waals surface area contributed by atoms with E-state index in [2.05, 4.69) is 6.92 Å². The van der Waals surface area contributed by atoms with Gasteiger partial charge in [-0.3, -0.25) is 9.59 Å². The summed E-state index contributed by atoms with van der Waals surface area (Å²) in [6, 6.07) is -0.0358. The SMILES string of the molecule is CC12CCC(=O)N1C(C(=O)N(CCO)C1CC1)CS2. The molecule has 2 amide bonds. The summed E-state index contributed by atoms with van der Waals surface area (Å²) in [7, 11) is 0. The van der Waals surface area contributed by atoms with Crippen molar-refractivity contribution < 1.29 is 14.7 Å². The van der Waals surface area contributed by atoms with E-state index in [1.165, 1.54) is 0 Å². The molecule has 0 aromatic heterocycles. The first-order chi connectivity index (χ1) is 9.07. The van der Waals surface area contributed by atoms with Crippen LogP contribution in [0, 0.1) is 0 Å². The van der Waals surface area contributed by atoms with E-state index in [1.54, 1.807) is 21.6 Å². The molecule has 2 aliphatic heterocycles. The smallest absolute Gasteiger partial charge is 0.246 e. The topological polar surface area (TPSA) is 60.9 Å². The van der Waals surface area contributed by atoms with Gasteiger partial charge in [0.05, 0.1) is 11.5 Å². The van der Waals surface area contributed by atoms with Crippen LogP contribution in [0.2, 0.25) is 0 Å². The highest BCUT2D eigenvalue weighted by atomic mass is 32.2. The van der Waals surface area contributed by atoms with Crippen molar-refractivity contribution in [1.82, 2.24) is 9.80 Å². The molecule has 1 N–H and O–H groups in total. The van der Waals surface area contributed by atoms with Gasteiger partial charge in [-0.15, -0.1) is 11.8 Å². The summed E-state index contributed by atoms with van der Waals surface area (Å²) >= 11 is 1.72. The van der Waals surface area contributed by atoms with E-state index in [0.717, 1.165) is 19.3 Å². The lowest BCUT2D eigenvalue weighted by Crippen LogP contribution is -2.52. The van der Waals surface area contributed by atoms with E-state index in [4.69, 9.17) is 5.11 Å². The Labute approximate surface area is 117 Å². The normalized spacial score (nSPS) is 33.7. The molecule has 0 spiro atoms. The number of nitrogens with zero attached hydrogens (tertiary/aromatic N) is 2. The molecule has 19 heavy (non-hydrogen) atoms. The lowest BCUT2D eigenvalue weighted by molar-refractivity contribution is -0.144. The molecule has 5 nitrogen and oxygen atoms in total. The molecular weight excluding hydrogens is 264 g/mol. The highest BCUT2D eigenvalue weighted by molar-refractivity contribution is 8.01. The van der Waals surface area contributed by atoms with E-state index in [-0.39, 0.29) is 35.4 Å². The van der Waals surface area contributed by atoms with Gasteiger partial charge in [-0.2, -0.15) is 0 Å². The zero-order valence-corrected chi connectivity index (χ0v) is 12.0. The minimum Gasteiger partial charge on any atom is -0.395 e. The molecule has 1 aliphatic carbocycles. The van der Waals surface area contributed by atoms with E-state index < -0.39 is 0 Å². The first kappa shape index (κ1) is 13.2. The van der Waals surface area contributed by atoms with Gasteiger partial charge in [0.25, 0.3) is 0 Å². The molecule has 3 aliphatic rings. The van der Waals surface area contributed by atoms with Crippen LogP contribution in [0.4, 0.5) is 0 Å². The third-order valence-electron chi connectivity index (χ3n) is 4.34. The van der Waals surface area contributed by atoms with Crippen molar-refractivity contribution in [3.63, 3.8) is 0 Å².